The molecule has 2 saturated heterocycles. The molecule has 2 aliphatic heterocycles. The molecular weight excluding hydrogens is 429 g/mol. The highest BCUT2D eigenvalue weighted by molar-refractivity contribution is 8.18. The summed E-state index contributed by atoms with van der Waals surface area (Å²) in [5, 5.41) is 4.98. The van der Waals surface area contributed by atoms with Crippen LogP contribution in [-0.4, -0.2) is 43.4 Å². The van der Waals surface area contributed by atoms with Crippen LogP contribution in [0.2, 0.25) is 0 Å². The van der Waals surface area contributed by atoms with E-state index in [9.17, 15) is 22.8 Å². The van der Waals surface area contributed by atoms with Gasteiger partial charge in [0.05, 0.1) is 10.5 Å². The van der Waals surface area contributed by atoms with Gasteiger partial charge in [-0.05, 0) is 67.5 Å². The number of nitrogens with one attached hydrogen (secondary N) is 2. The second kappa shape index (κ2) is 9.84. The first-order valence-corrected chi connectivity index (χ1v) is 9.74. The van der Waals surface area contributed by atoms with Gasteiger partial charge in [-0.2, -0.15) is 13.2 Å². The summed E-state index contributed by atoms with van der Waals surface area (Å²) < 4.78 is 39.5. The monoisotopic (exact) mass is 450 g/mol. The van der Waals surface area contributed by atoms with Gasteiger partial charge in [-0.15, -0.1) is 12.4 Å². The molecule has 11 heteroatoms. The van der Waals surface area contributed by atoms with E-state index >= 15 is 0 Å². The summed E-state index contributed by atoms with van der Waals surface area (Å²) in [6.07, 6.45) is -1.43. The van der Waals surface area contributed by atoms with Crippen molar-refractivity contribution < 1.29 is 22.8 Å². The molecule has 2 heterocycles. The van der Waals surface area contributed by atoms with Gasteiger partial charge in [-0.25, -0.2) is 0 Å². The summed E-state index contributed by atoms with van der Waals surface area (Å²) in [6, 6.07) is 3.71. The van der Waals surface area contributed by atoms with Gasteiger partial charge in [-0.1, -0.05) is 0 Å². The Bertz CT molecular complexity index is 804. The Hall–Kier alpha value is -1.75. The summed E-state index contributed by atoms with van der Waals surface area (Å²) in [4.78, 5) is 25.3. The number of halogens is 4. The highest BCUT2D eigenvalue weighted by Gasteiger charge is 2.33. The number of amides is 2. The number of rotatable bonds is 6. The lowest BCUT2D eigenvalue weighted by atomic mass is 10.1. The summed E-state index contributed by atoms with van der Waals surface area (Å²) in [5.41, 5.74) is 5.57. The minimum absolute atomic E-state index is 0. The largest absolute Gasteiger partial charge is 0.416 e. The second-order valence-electron chi connectivity index (χ2n) is 6.65. The average Bonchev–Trinajstić information content (AvgIpc) is 3.21. The van der Waals surface area contributed by atoms with E-state index in [1.165, 1.54) is 12.1 Å². The van der Waals surface area contributed by atoms with Crippen LogP contribution in [0.1, 0.15) is 24.0 Å². The molecule has 0 bridgehead atoms. The fourth-order valence-electron chi connectivity index (χ4n) is 3.25. The number of nitrogens with two attached hydrogens (primary N) is 1. The minimum atomic E-state index is -4.50. The Kier molecular flexibility index (Phi) is 7.98. The fourth-order valence-corrected chi connectivity index (χ4v) is 3.92. The van der Waals surface area contributed by atoms with E-state index in [-0.39, 0.29) is 28.9 Å². The summed E-state index contributed by atoms with van der Waals surface area (Å²) >= 11 is 0.685. The molecule has 160 valence electrons. The molecule has 1 aromatic carbocycles. The van der Waals surface area contributed by atoms with Crippen molar-refractivity contribution >= 4 is 47.1 Å². The molecule has 2 aliphatic rings. The SMILES string of the molecule is Cl.NCCCNC1CCN(c2ccc(C(F)(F)F)cc2/C=C2\SC(=O)NC2=O)C1. The van der Waals surface area contributed by atoms with E-state index in [4.69, 9.17) is 5.73 Å². The number of hydrogen-bond donors (Lipinski definition) is 3. The third kappa shape index (κ3) is 5.88. The van der Waals surface area contributed by atoms with Gasteiger partial charge < -0.3 is 16.0 Å². The summed E-state index contributed by atoms with van der Waals surface area (Å²) in [5.74, 6) is -0.596. The van der Waals surface area contributed by atoms with Gasteiger partial charge in [0.2, 0.25) is 0 Å². The molecule has 29 heavy (non-hydrogen) atoms. The van der Waals surface area contributed by atoms with Crippen LogP contribution in [0.5, 0.6) is 0 Å². The number of anilines is 1. The highest BCUT2D eigenvalue weighted by atomic mass is 35.5. The minimum Gasteiger partial charge on any atom is -0.369 e. The second-order valence-corrected chi connectivity index (χ2v) is 7.67. The Morgan fingerprint density at radius 1 is 1.34 bits per heavy atom. The van der Waals surface area contributed by atoms with Crippen LogP contribution in [0.25, 0.3) is 6.08 Å². The predicted octanol–water partition coefficient (Wildman–Crippen LogP) is 2.97. The molecule has 1 atom stereocenters. The molecule has 0 radical (unpaired) electrons. The van der Waals surface area contributed by atoms with Crippen LogP contribution in [0.3, 0.4) is 0 Å². The fraction of sp³-hybridized carbons (Fsp3) is 0.444. The normalized spacial score (nSPS) is 20.9. The van der Waals surface area contributed by atoms with E-state index < -0.39 is 22.9 Å². The summed E-state index contributed by atoms with van der Waals surface area (Å²) in [6.45, 7) is 2.71. The van der Waals surface area contributed by atoms with Crippen LogP contribution >= 0.6 is 24.2 Å². The van der Waals surface area contributed by atoms with Crippen LogP contribution in [-0.2, 0) is 11.0 Å². The quantitative estimate of drug-likeness (QED) is 0.456. The Labute approximate surface area is 176 Å². The molecule has 0 aromatic heterocycles. The van der Waals surface area contributed by atoms with Crippen LogP contribution in [0.15, 0.2) is 23.1 Å². The van der Waals surface area contributed by atoms with E-state index in [0.29, 0.717) is 37.1 Å². The van der Waals surface area contributed by atoms with E-state index in [1.54, 1.807) is 0 Å². The molecule has 1 unspecified atom stereocenters. The number of carbonyl (C=O) groups excluding carboxylic acids is 2. The van der Waals surface area contributed by atoms with E-state index in [0.717, 1.165) is 31.5 Å². The van der Waals surface area contributed by atoms with Gasteiger partial charge in [0, 0.05) is 24.8 Å². The van der Waals surface area contributed by atoms with Gasteiger partial charge in [0.15, 0.2) is 0 Å². The van der Waals surface area contributed by atoms with E-state index in [1.807, 2.05) is 4.90 Å². The maximum absolute atomic E-state index is 13.2. The first-order valence-electron chi connectivity index (χ1n) is 8.92. The van der Waals surface area contributed by atoms with Crippen molar-refractivity contribution in [3.63, 3.8) is 0 Å². The molecule has 6 nitrogen and oxygen atoms in total. The highest BCUT2D eigenvalue weighted by Crippen LogP contribution is 2.36. The first-order chi connectivity index (χ1) is 13.3. The van der Waals surface area contributed by atoms with Crippen molar-refractivity contribution in [3.8, 4) is 0 Å². The van der Waals surface area contributed by atoms with Crippen molar-refractivity contribution in [1.29, 1.82) is 0 Å². The molecule has 2 fully saturated rings. The number of imide groups is 1. The number of hydrogen-bond acceptors (Lipinski definition) is 6. The molecule has 1 aromatic rings. The zero-order valence-corrected chi connectivity index (χ0v) is 17.1. The topological polar surface area (TPSA) is 87.5 Å². The molecule has 2 amide bonds. The smallest absolute Gasteiger partial charge is 0.369 e. The lowest BCUT2D eigenvalue weighted by molar-refractivity contribution is -0.137. The van der Waals surface area contributed by atoms with Crippen LogP contribution in [0, 0.1) is 0 Å². The Morgan fingerprint density at radius 3 is 2.72 bits per heavy atom. The predicted molar refractivity (Wildman–Crippen MR) is 110 cm³/mol. The Balaban J connectivity index is 0.00000300. The van der Waals surface area contributed by atoms with Crippen molar-refractivity contribution in [3.05, 3.63) is 34.2 Å². The van der Waals surface area contributed by atoms with Gasteiger partial charge in [0.1, 0.15) is 0 Å². The van der Waals surface area contributed by atoms with Gasteiger partial charge in [0.25, 0.3) is 11.1 Å². The molecule has 3 rings (SSSR count). The van der Waals surface area contributed by atoms with Gasteiger partial charge >= 0.3 is 6.18 Å². The number of thioether (sulfide) groups is 1. The molecule has 0 saturated carbocycles. The number of alkyl halides is 3. The third-order valence-electron chi connectivity index (χ3n) is 4.63. The average molecular weight is 451 g/mol. The van der Waals surface area contributed by atoms with Crippen LogP contribution < -0.4 is 21.3 Å². The summed E-state index contributed by atoms with van der Waals surface area (Å²) in [7, 11) is 0. The lowest BCUT2D eigenvalue weighted by Crippen LogP contribution is -2.34. The van der Waals surface area contributed by atoms with Crippen LogP contribution in [0.4, 0.5) is 23.7 Å². The maximum atomic E-state index is 13.2. The zero-order valence-electron chi connectivity index (χ0n) is 15.4. The van der Waals surface area contributed by atoms with E-state index in [2.05, 4.69) is 10.6 Å². The number of nitrogens with zero attached hydrogens (tertiary/aromatic N) is 1. The molecule has 0 spiro atoms. The number of benzene rings is 1. The van der Waals surface area contributed by atoms with Gasteiger partial charge in [-0.3, -0.25) is 14.9 Å². The Morgan fingerprint density at radius 2 is 2.10 bits per heavy atom. The standard InChI is InChI=1S/C18H21F3N4O2S.ClH/c19-18(20,21)12-2-3-14(25-7-4-13(10-25)23-6-1-5-22)11(8-12)9-15-16(26)24-17(27)28-15;/h2-3,8-9,13,23H,1,4-7,10,22H2,(H,24,26,27);1H/b15-9-;. The molecule has 0 aliphatic carbocycles. The van der Waals surface area contributed by atoms with Crippen molar-refractivity contribution in [2.45, 2.75) is 25.1 Å². The molecule has 4 N–H and O–H groups in total. The zero-order chi connectivity index (χ0) is 20.3. The lowest BCUT2D eigenvalue weighted by Gasteiger charge is -2.22. The number of carbonyl (C=O) groups is 2. The maximum Gasteiger partial charge on any atom is 0.416 e. The van der Waals surface area contributed by atoms with Crippen molar-refractivity contribution in [2.75, 3.05) is 31.1 Å². The third-order valence-corrected chi connectivity index (χ3v) is 5.44. The first kappa shape index (κ1) is 23.5. The molecular formula is C18H22ClF3N4O2S. The van der Waals surface area contributed by atoms with Crippen molar-refractivity contribution in [1.82, 2.24) is 10.6 Å². The van der Waals surface area contributed by atoms with Crippen molar-refractivity contribution in [2.24, 2.45) is 5.73 Å².